The summed E-state index contributed by atoms with van der Waals surface area (Å²) in [6.45, 7) is 0.891. The first-order valence-electron chi connectivity index (χ1n) is 2.19. The van der Waals surface area contributed by atoms with Crippen LogP contribution in [0.1, 0.15) is 13.3 Å². The van der Waals surface area contributed by atoms with Crippen LogP contribution in [0.2, 0.25) is 0 Å². The highest BCUT2D eigenvalue weighted by Crippen LogP contribution is 2.29. The minimum atomic E-state index is -4.40. The quantitative estimate of drug-likeness (QED) is 0.584. The molecule has 0 radical (unpaired) electrons. The van der Waals surface area contributed by atoms with Gasteiger partial charge in [-0.15, -0.1) is 0 Å². The zero-order valence-electron chi connectivity index (χ0n) is 4.67. The van der Waals surface area contributed by atoms with Crippen LogP contribution in [0.3, 0.4) is 0 Å². The Kier molecular flexibility index (Phi) is 2.35. The lowest BCUT2D eigenvalue weighted by Crippen LogP contribution is -2.24. The number of rotatable bonds is 1. The molecule has 1 unspecified atom stereocenters. The summed E-state index contributed by atoms with van der Waals surface area (Å²) in [6.07, 6.45) is -5.78. The molecule has 0 spiro atoms. The van der Waals surface area contributed by atoms with E-state index in [0.29, 0.717) is 0 Å². The van der Waals surface area contributed by atoms with E-state index < -0.39 is 17.7 Å². The standard InChI is InChI=1S/C4H6ClF3O/c1-3(5,9)2-4(6,7)8/h9H,2H2,1H3. The molecule has 56 valence electrons. The van der Waals surface area contributed by atoms with Gasteiger partial charge in [0.05, 0.1) is 6.42 Å². The van der Waals surface area contributed by atoms with E-state index in [9.17, 15) is 13.2 Å². The van der Waals surface area contributed by atoms with E-state index in [1.165, 1.54) is 0 Å². The average Bonchev–Trinajstić information content (AvgIpc) is 1.14. The summed E-state index contributed by atoms with van der Waals surface area (Å²) >= 11 is 4.85. The van der Waals surface area contributed by atoms with Gasteiger partial charge < -0.3 is 5.11 Å². The van der Waals surface area contributed by atoms with E-state index in [0.717, 1.165) is 6.92 Å². The van der Waals surface area contributed by atoms with Crippen molar-refractivity contribution in [3.05, 3.63) is 0 Å². The molecular weight excluding hydrogens is 156 g/mol. The Balaban J connectivity index is 3.75. The third-order valence-corrected chi connectivity index (χ3v) is 0.657. The molecule has 9 heavy (non-hydrogen) atoms. The van der Waals surface area contributed by atoms with Crippen molar-refractivity contribution in [2.24, 2.45) is 0 Å². The van der Waals surface area contributed by atoms with Crippen molar-refractivity contribution in [3.63, 3.8) is 0 Å². The van der Waals surface area contributed by atoms with Crippen LogP contribution in [0.25, 0.3) is 0 Å². The first-order valence-corrected chi connectivity index (χ1v) is 2.56. The third kappa shape index (κ3) is 8.04. The lowest BCUT2D eigenvalue weighted by molar-refractivity contribution is -0.157. The fourth-order valence-electron chi connectivity index (χ4n) is 0.366. The van der Waals surface area contributed by atoms with Crippen LogP contribution in [0.5, 0.6) is 0 Å². The lowest BCUT2D eigenvalue weighted by Gasteiger charge is -2.15. The molecule has 0 fully saturated rings. The van der Waals surface area contributed by atoms with Crippen molar-refractivity contribution in [1.29, 1.82) is 0 Å². The summed E-state index contributed by atoms with van der Waals surface area (Å²) in [6, 6.07) is 0. The zero-order valence-corrected chi connectivity index (χ0v) is 5.42. The third-order valence-electron chi connectivity index (χ3n) is 0.523. The average molecular weight is 163 g/mol. The van der Waals surface area contributed by atoms with Crippen LogP contribution in [-0.2, 0) is 0 Å². The summed E-state index contributed by atoms with van der Waals surface area (Å²) in [5, 5.41) is 6.23. The first kappa shape index (κ1) is 9.04. The molecule has 1 atom stereocenters. The summed E-state index contributed by atoms with van der Waals surface area (Å²) < 4.78 is 33.9. The zero-order chi connectivity index (χ0) is 7.71. The number of alkyl halides is 4. The van der Waals surface area contributed by atoms with Gasteiger partial charge in [-0.05, 0) is 6.92 Å². The smallest absolute Gasteiger partial charge is 0.375 e. The summed E-state index contributed by atoms with van der Waals surface area (Å²) in [5.41, 5.74) is 0. The molecule has 0 heterocycles. The Morgan fingerprint density at radius 2 is 1.78 bits per heavy atom. The van der Waals surface area contributed by atoms with Crippen LogP contribution in [0, 0.1) is 0 Å². The molecule has 1 N–H and O–H groups in total. The SMILES string of the molecule is CC(O)(Cl)CC(F)(F)F. The Hall–Kier alpha value is 0.0400. The molecule has 0 rings (SSSR count). The molecule has 0 bridgehead atoms. The van der Waals surface area contributed by atoms with Crippen LogP contribution in [-0.4, -0.2) is 16.3 Å². The molecular formula is C4H6ClF3O. The van der Waals surface area contributed by atoms with E-state index in [-0.39, 0.29) is 0 Å². The maximum Gasteiger partial charge on any atom is 0.393 e. The minimum Gasteiger partial charge on any atom is -0.375 e. The summed E-state index contributed by atoms with van der Waals surface area (Å²) in [5.74, 6) is 0. The van der Waals surface area contributed by atoms with Crippen molar-refractivity contribution in [1.82, 2.24) is 0 Å². The van der Waals surface area contributed by atoms with E-state index >= 15 is 0 Å². The Bertz CT molecular complexity index is 81.0. The molecule has 0 amide bonds. The monoisotopic (exact) mass is 162 g/mol. The van der Waals surface area contributed by atoms with Crippen molar-refractivity contribution in [2.75, 3.05) is 0 Å². The van der Waals surface area contributed by atoms with Gasteiger partial charge in [-0.3, -0.25) is 0 Å². The second-order valence-electron chi connectivity index (χ2n) is 1.93. The molecule has 0 aromatic carbocycles. The summed E-state index contributed by atoms with van der Waals surface area (Å²) in [4.78, 5) is 0. The highest BCUT2D eigenvalue weighted by atomic mass is 35.5. The van der Waals surface area contributed by atoms with Gasteiger partial charge in [0, 0.05) is 0 Å². The topological polar surface area (TPSA) is 20.2 Å². The van der Waals surface area contributed by atoms with E-state index in [4.69, 9.17) is 16.7 Å². The maximum absolute atomic E-state index is 11.3. The van der Waals surface area contributed by atoms with E-state index in [2.05, 4.69) is 0 Å². The predicted octanol–water partition coefficient (Wildman–Crippen LogP) is 1.89. The van der Waals surface area contributed by atoms with Crippen LogP contribution < -0.4 is 0 Å². The van der Waals surface area contributed by atoms with Gasteiger partial charge in [0.1, 0.15) is 5.06 Å². The van der Waals surface area contributed by atoms with Crippen molar-refractivity contribution >= 4 is 11.6 Å². The van der Waals surface area contributed by atoms with Gasteiger partial charge >= 0.3 is 6.18 Å². The minimum absolute atomic E-state index is 0.891. The predicted molar refractivity (Wildman–Crippen MR) is 27.1 cm³/mol. The van der Waals surface area contributed by atoms with Gasteiger partial charge in [0.2, 0.25) is 0 Å². The molecule has 0 saturated heterocycles. The molecule has 0 aromatic heterocycles. The molecule has 0 aliphatic rings. The first-order chi connectivity index (χ1) is 3.71. The second-order valence-corrected chi connectivity index (χ2v) is 2.75. The molecule has 0 aliphatic heterocycles. The van der Waals surface area contributed by atoms with E-state index in [1.54, 1.807) is 0 Å². The Morgan fingerprint density at radius 1 is 1.44 bits per heavy atom. The van der Waals surface area contributed by atoms with E-state index in [1.807, 2.05) is 0 Å². The normalized spacial score (nSPS) is 19.3. The molecule has 0 aromatic rings. The van der Waals surface area contributed by atoms with Crippen LogP contribution in [0.15, 0.2) is 0 Å². The van der Waals surface area contributed by atoms with Crippen molar-refractivity contribution < 1.29 is 18.3 Å². The summed E-state index contributed by atoms with van der Waals surface area (Å²) in [7, 11) is 0. The largest absolute Gasteiger partial charge is 0.393 e. The highest BCUT2D eigenvalue weighted by Gasteiger charge is 2.36. The Morgan fingerprint density at radius 3 is 1.78 bits per heavy atom. The maximum atomic E-state index is 11.3. The van der Waals surface area contributed by atoms with Crippen molar-refractivity contribution in [2.45, 2.75) is 24.6 Å². The van der Waals surface area contributed by atoms with Gasteiger partial charge in [-0.2, -0.15) is 13.2 Å². The van der Waals surface area contributed by atoms with Gasteiger partial charge in [0.15, 0.2) is 0 Å². The number of halogens is 4. The fraction of sp³-hybridized carbons (Fsp3) is 1.00. The van der Waals surface area contributed by atoms with Gasteiger partial charge in [0.25, 0.3) is 0 Å². The molecule has 0 saturated carbocycles. The number of hydrogen-bond acceptors (Lipinski definition) is 1. The fourth-order valence-corrected chi connectivity index (χ4v) is 0.517. The van der Waals surface area contributed by atoms with Gasteiger partial charge in [-0.1, -0.05) is 11.6 Å². The number of hydrogen-bond donors (Lipinski definition) is 1. The lowest BCUT2D eigenvalue weighted by atomic mass is 10.3. The van der Waals surface area contributed by atoms with Gasteiger partial charge in [-0.25, -0.2) is 0 Å². The van der Waals surface area contributed by atoms with Crippen molar-refractivity contribution in [3.8, 4) is 0 Å². The Labute approximate surface area is 55.4 Å². The molecule has 0 aliphatic carbocycles. The number of aliphatic hydroxyl groups is 1. The van der Waals surface area contributed by atoms with Crippen LogP contribution in [0.4, 0.5) is 13.2 Å². The molecule has 1 nitrogen and oxygen atoms in total. The second kappa shape index (κ2) is 2.34. The highest BCUT2D eigenvalue weighted by molar-refractivity contribution is 6.22. The van der Waals surface area contributed by atoms with Crippen LogP contribution >= 0.6 is 11.6 Å². The molecule has 5 heteroatoms.